The van der Waals surface area contributed by atoms with Gasteiger partial charge < -0.3 is 10.2 Å². The first-order valence-corrected chi connectivity index (χ1v) is 6.60. The number of carbonyl (C=O) groups is 1. The molecule has 17 heavy (non-hydrogen) atoms. The van der Waals surface area contributed by atoms with E-state index in [-0.39, 0.29) is 11.8 Å². The van der Waals surface area contributed by atoms with E-state index in [1.807, 2.05) is 19.2 Å². The van der Waals surface area contributed by atoms with Gasteiger partial charge in [0.25, 0.3) is 0 Å². The van der Waals surface area contributed by atoms with Crippen molar-refractivity contribution in [2.75, 3.05) is 25.0 Å². The first-order chi connectivity index (χ1) is 8.27. The van der Waals surface area contributed by atoms with E-state index in [1.165, 1.54) is 10.1 Å². The van der Waals surface area contributed by atoms with Gasteiger partial charge in [-0.15, -0.1) is 11.3 Å². The van der Waals surface area contributed by atoms with Crippen molar-refractivity contribution in [2.24, 2.45) is 5.92 Å². The van der Waals surface area contributed by atoms with Crippen LogP contribution in [0.3, 0.4) is 0 Å². The molecule has 0 bridgehead atoms. The van der Waals surface area contributed by atoms with Gasteiger partial charge in [0.15, 0.2) is 0 Å². The summed E-state index contributed by atoms with van der Waals surface area (Å²) in [5.74, 6) is 0.367. The summed E-state index contributed by atoms with van der Waals surface area (Å²) in [6, 6.07) is 8.21. The molecule has 1 aromatic carbocycles. The number of nitrogens with zero attached hydrogens (tertiary/aromatic N) is 1. The standard InChI is InChI=1S/C13H14N2OS/c1-15(13(16)9-6-14-7-9)11-8-17-12-5-3-2-4-10(11)12/h2-5,8-9,14H,6-7H2,1H3. The number of fused-ring (bicyclic) bond motifs is 1. The van der Waals surface area contributed by atoms with E-state index in [9.17, 15) is 4.79 Å². The molecule has 1 aliphatic heterocycles. The summed E-state index contributed by atoms with van der Waals surface area (Å²) in [5, 5.41) is 6.37. The number of rotatable bonds is 2. The Hall–Kier alpha value is -1.39. The number of carbonyl (C=O) groups excluding carboxylic acids is 1. The number of benzene rings is 1. The van der Waals surface area contributed by atoms with Crippen molar-refractivity contribution in [3.63, 3.8) is 0 Å². The van der Waals surface area contributed by atoms with Crippen molar-refractivity contribution < 1.29 is 4.79 Å². The Bertz CT molecular complexity index is 559. The molecule has 88 valence electrons. The second-order valence-corrected chi connectivity index (χ2v) is 5.28. The highest BCUT2D eigenvalue weighted by Crippen LogP contribution is 2.32. The maximum Gasteiger partial charge on any atom is 0.232 e. The highest BCUT2D eigenvalue weighted by Gasteiger charge is 2.28. The van der Waals surface area contributed by atoms with Crippen molar-refractivity contribution in [2.45, 2.75) is 0 Å². The lowest BCUT2D eigenvalue weighted by Crippen LogP contribution is -2.51. The smallest absolute Gasteiger partial charge is 0.232 e. The summed E-state index contributed by atoms with van der Waals surface area (Å²) in [6.07, 6.45) is 0. The maximum absolute atomic E-state index is 12.2. The van der Waals surface area contributed by atoms with E-state index in [4.69, 9.17) is 0 Å². The Kier molecular flexibility index (Phi) is 2.61. The summed E-state index contributed by atoms with van der Waals surface area (Å²) in [5.41, 5.74) is 1.03. The summed E-state index contributed by atoms with van der Waals surface area (Å²) in [4.78, 5) is 14.0. The first-order valence-electron chi connectivity index (χ1n) is 5.72. The van der Waals surface area contributed by atoms with Crippen LogP contribution in [0.25, 0.3) is 10.1 Å². The molecule has 0 radical (unpaired) electrons. The number of anilines is 1. The van der Waals surface area contributed by atoms with Crippen molar-refractivity contribution in [3.05, 3.63) is 29.6 Å². The molecule has 2 aromatic rings. The summed E-state index contributed by atoms with van der Waals surface area (Å²) < 4.78 is 1.23. The monoisotopic (exact) mass is 246 g/mol. The molecule has 2 heterocycles. The maximum atomic E-state index is 12.2. The molecule has 1 saturated heterocycles. The zero-order valence-corrected chi connectivity index (χ0v) is 10.5. The highest BCUT2D eigenvalue weighted by atomic mass is 32.1. The predicted octanol–water partition coefficient (Wildman–Crippen LogP) is 2.08. The van der Waals surface area contributed by atoms with Gasteiger partial charge in [-0.3, -0.25) is 4.79 Å². The van der Waals surface area contributed by atoms with Crippen LogP contribution in [-0.2, 0) is 4.79 Å². The van der Waals surface area contributed by atoms with Crippen LogP contribution in [-0.4, -0.2) is 26.0 Å². The molecule has 1 aromatic heterocycles. The Morgan fingerprint density at radius 3 is 2.88 bits per heavy atom. The molecule has 1 aliphatic rings. The number of nitrogens with one attached hydrogen (secondary N) is 1. The van der Waals surface area contributed by atoms with E-state index in [0.717, 1.165) is 18.8 Å². The number of amides is 1. The number of hydrogen-bond acceptors (Lipinski definition) is 3. The Labute approximate surface area is 104 Å². The average molecular weight is 246 g/mol. The fraction of sp³-hybridized carbons (Fsp3) is 0.308. The van der Waals surface area contributed by atoms with Gasteiger partial charge >= 0.3 is 0 Å². The molecule has 1 amide bonds. The minimum atomic E-state index is 0.152. The van der Waals surface area contributed by atoms with Gasteiger partial charge in [0.1, 0.15) is 0 Å². The van der Waals surface area contributed by atoms with Gasteiger partial charge in [0, 0.05) is 35.6 Å². The normalized spacial score (nSPS) is 15.8. The molecule has 3 rings (SSSR count). The van der Waals surface area contributed by atoms with Gasteiger partial charge in [0.2, 0.25) is 5.91 Å². The SMILES string of the molecule is CN(C(=O)C1CNC1)c1csc2ccccc12. The van der Waals surface area contributed by atoms with E-state index >= 15 is 0 Å². The molecule has 3 nitrogen and oxygen atoms in total. The second kappa shape index (κ2) is 4.13. The van der Waals surface area contributed by atoms with Crippen LogP contribution in [0.1, 0.15) is 0 Å². The first kappa shape index (κ1) is 10.7. The van der Waals surface area contributed by atoms with Crippen molar-refractivity contribution in [1.29, 1.82) is 0 Å². The van der Waals surface area contributed by atoms with Crippen LogP contribution < -0.4 is 10.2 Å². The van der Waals surface area contributed by atoms with Gasteiger partial charge in [-0.05, 0) is 6.07 Å². The van der Waals surface area contributed by atoms with Gasteiger partial charge in [-0.1, -0.05) is 18.2 Å². The molecule has 1 fully saturated rings. The fourth-order valence-corrected chi connectivity index (χ4v) is 3.06. The lowest BCUT2D eigenvalue weighted by Gasteiger charge is -2.30. The third-order valence-electron chi connectivity index (χ3n) is 3.28. The van der Waals surface area contributed by atoms with Gasteiger partial charge in [-0.2, -0.15) is 0 Å². The average Bonchev–Trinajstić information content (AvgIpc) is 2.69. The Morgan fingerprint density at radius 1 is 1.41 bits per heavy atom. The number of hydrogen-bond donors (Lipinski definition) is 1. The topological polar surface area (TPSA) is 32.3 Å². The van der Waals surface area contributed by atoms with Gasteiger partial charge in [-0.25, -0.2) is 0 Å². The molecule has 4 heteroatoms. The third kappa shape index (κ3) is 1.73. The van der Waals surface area contributed by atoms with Crippen LogP contribution in [0.2, 0.25) is 0 Å². The molecule has 1 N–H and O–H groups in total. The van der Waals surface area contributed by atoms with Crippen LogP contribution in [0.5, 0.6) is 0 Å². The molecule has 0 atom stereocenters. The molecule has 0 saturated carbocycles. The quantitative estimate of drug-likeness (QED) is 0.880. The summed E-state index contributed by atoms with van der Waals surface area (Å²) in [6.45, 7) is 1.62. The Balaban J connectivity index is 1.94. The van der Waals surface area contributed by atoms with Crippen LogP contribution in [0.4, 0.5) is 5.69 Å². The molecular weight excluding hydrogens is 232 g/mol. The van der Waals surface area contributed by atoms with Crippen LogP contribution in [0.15, 0.2) is 29.6 Å². The summed E-state index contributed by atoms with van der Waals surface area (Å²) in [7, 11) is 1.87. The van der Waals surface area contributed by atoms with E-state index in [2.05, 4.69) is 22.8 Å². The van der Waals surface area contributed by atoms with E-state index in [1.54, 1.807) is 16.2 Å². The zero-order chi connectivity index (χ0) is 11.8. The number of thiophene rings is 1. The lowest BCUT2D eigenvalue weighted by molar-refractivity contribution is -0.123. The van der Waals surface area contributed by atoms with Gasteiger partial charge in [0.05, 0.1) is 11.6 Å². The fourth-order valence-electron chi connectivity index (χ4n) is 2.08. The largest absolute Gasteiger partial charge is 0.315 e. The van der Waals surface area contributed by atoms with Crippen molar-refractivity contribution in [3.8, 4) is 0 Å². The summed E-state index contributed by atoms with van der Waals surface area (Å²) >= 11 is 1.69. The second-order valence-electron chi connectivity index (χ2n) is 4.37. The molecule has 0 unspecified atom stereocenters. The lowest BCUT2D eigenvalue weighted by atomic mass is 10.0. The van der Waals surface area contributed by atoms with Crippen molar-refractivity contribution in [1.82, 2.24) is 5.32 Å². The zero-order valence-electron chi connectivity index (χ0n) is 9.64. The Morgan fingerprint density at radius 2 is 2.18 bits per heavy atom. The van der Waals surface area contributed by atoms with Crippen LogP contribution in [0, 0.1) is 5.92 Å². The third-order valence-corrected chi connectivity index (χ3v) is 4.23. The molecule has 0 spiro atoms. The minimum absolute atomic E-state index is 0.152. The molecular formula is C13H14N2OS. The van der Waals surface area contributed by atoms with E-state index < -0.39 is 0 Å². The minimum Gasteiger partial charge on any atom is -0.315 e. The molecule has 0 aliphatic carbocycles. The highest BCUT2D eigenvalue weighted by molar-refractivity contribution is 7.17. The van der Waals surface area contributed by atoms with Crippen LogP contribution >= 0.6 is 11.3 Å². The van der Waals surface area contributed by atoms with Crippen molar-refractivity contribution >= 4 is 33.0 Å². The predicted molar refractivity (Wildman–Crippen MR) is 71.6 cm³/mol. The van der Waals surface area contributed by atoms with E-state index in [0.29, 0.717) is 0 Å².